The molecule has 2 rings (SSSR count). The number of ether oxygens (including phenoxy) is 2. The smallest absolute Gasteiger partial charge is 0.172 e. The summed E-state index contributed by atoms with van der Waals surface area (Å²) in [5.41, 5.74) is 2.40. The summed E-state index contributed by atoms with van der Waals surface area (Å²) in [4.78, 5) is 11.1. The van der Waals surface area contributed by atoms with Crippen LogP contribution in [0.15, 0.2) is 36.4 Å². The van der Waals surface area contributed by atoms with Crippen LogP contribution in [0, 0.1) is 6.92 Å². The van der Waals surface area contributed by atoms with E-state index in [1.54, 1.807) is 18.2 Å². The lowest BCUT2D eigenvalue weighted by Crippen LogP contribution is -2.01. The number of hydrogen-bond acceptors (Lipinski definition) is 3. The molecule has 104 valence electrons. The van der Waals surface area contributed by atoms with Gasteiger partial charge in [-0.1, -0.05) is 29.8 Å². The van der Waals surface area contributed by atoms with Gasteiger partial charge in [0.1, 0.15) is 6.61 Å². The molecule has 0 aromatic heterocycles. The SMILES string of the molecule is COc1cccc(C=O)c1OCc1ccc(C)cc1Cl. The molecule has 0 heterocycles. The molecule has 0 N–H and O–H groups in total. The van der Waals surface area contributed by atoms with E-state index in [1.165, 1.54) is 7.11 Å². The highest BCUT2D eigenvalue weighted by Crippen LogP contribution is 2.31. The van der Waals surface area contributed by atoms with Crippen LogP contribution in [0.1, 0.15) is 21.5 Å². The number of aldehydes is 1. The molecule has 0 unspecified atom stereocenters. The minimum Gasteiger partial charge on any atom is -0.493 e. The highest BCUT2D eigenvalue weighted by Gasteiger charge is 2.11. The van der Waals surface area contributed by atoms with E-state index in [9.17, 15) is 4.79 Å². The number of halogens is 1. The zero-order valence-electron chi connectivity index (χ0n) is 11.4. The average molecular weight is 291 g/mol. The number of benzene rings is 2. The number of hydrogen-bond donors (Lipinski definition) is 0. The monoisotopic (exact) mass is 290 g/mol. The average Bonchev–Trinajstić information content (AvgIpc) is 2.46. The molecule has 0 amide bonds. The standard InChI is InChI=1S/C16H15ClO3/c1-11-6-7-13(14(17)8-11)10-20-16-12(9-18)4-3-5-15(16)19-2/h3-9H,10H2,1-2H3. The highest BCUT2D eigenvalue weighted by atomic mass is 35.5. The molecule has 4 heteroatoms. The van der Waals surface area contributed by atoms with E-state index >= 15 is 0 Å². The number of carbonyl (C=O) groups is 1. The fraction of sp³-hybridized carbons (Fsp3) is 0.188. The molecule has 3 nitrogen and oxygen atoms in total. The number of aryl methyl sites for hydroxylation is 1. The summed E-state index contributed by atoms with van der Waals surface area (Å²) in [6.07, 6.45) is 0.745. The Balaban J connectivity index is 2.24. The van der Waals surface area contributed by atoms with Crippen LogP contribution < -0.4 is 9.47 Å². The molecule has 0 aliphatic carbocycles. The lowest BCUT2D eigenvalue weighted by molar-refractivity contribution is 0.111. The van der Waals surface area contributed by atoms with Gasteiger partial charge in [0.15, 0.2) is 17.8 Å². The molecule has 0 atom stereocenters. The Morgan fingerprint density at radius 1 is 1.25 bits per heavy atom. The van der Waals surface area contributed by atoms with Gasteiger partial charge in [-0.25, -0.2) is 0 Å². The maximum Gasteiger partial charge on any atom is 0.172 e. The van der Waals surface area contributed by atoms with Crippen molar-refractivity contribution in [1.82, 2.24) is 0 Å². The first-order valence-corrected chi connectivity index (χ1v) is 6.53. The van der Waals surface area contributed by atoms with Crippen LogP contribution in [0.4, 0.5) is 0 Å². The molecule has 0 bridgehead atoms. The van der Waals surface area contributed by atoms with Crippen molar-refractivity contribution in [2.45, 2.75) is 13.5 Å². The Bertz CT molecular complexity index is 623. The van der Waals surface area contributed by atoms with E-state index in [0.717, 1.165) is 17.4 Å². The van der Waals surface area contributed by atoms with Crippen molar-refractivity contribution >= 4 is 17.9 Å². The fourth-order valence-electron chi connectivity index (χ4n) is 1.86. The molecule has 0 spiro atoms. The molecular weight excluding hydrogens is 276 g/mol. The third kappa shape index (κ3) is 3.11. The first kappa shape index (κ1) is 14.4. The Morgan fingerprint density at radius 2 is 2.05 bits per heavy atom. The highest BCUT2D eigenvalue weighted by molar-refractivity contribution is 6.31. The normalized spacial score (nSPS) is 10.2. The van der Waals surface area contributed by atoms with Crippen molar-refractivity contribution in [1.29, 1.82) is 0 Å². The topological polar surface area (TPSA) is 35.5 Å². The maximum absolute atomic E-state index is 11.1. The van der Waals surface area contributed by atoms with Gasteiger partial charge < -0.3 is 9.47 Å². The van der Waals surface area contributed by atoms with Crippen molar-refractivity contribution in [2.24, 2.45) is 0 Å². The molecular formula is C16H15ClO3. The van der Waals surface area contributed by atoms with E-state index < -0.39 is 0 Å². The molecule has 20 heavy (non-hydrogen) atoms. The quantitative estimate of drug-likeness (QED) is 0.779. The van der Waals surface area contributed by atoms with Crippen molar-refractivity contribution < 1.29 is 14.3 Å². The van der Waals surface area contributed by atoms with Crippen LogP contribution in [0.3, 0.4) is 0 Å². The van der Waals surface area contributed by atoms with Gasteiger partial charge in [0.2, 0.25) is 0 Å². The summed E-state index contributed by atoms with van der Waals surface area (Å²) in [7, 11) is 1.54. The second-order valence-electron chi connectivity index (χ2n) is 4.38. The number of rotatable bonds is 5. The second-order valence-corrected chi connectivity index (χ2v) is 4.79. The summed E-state index contributed by atoms with van der Waals surface area (Å²) < 4.78 is 10.9. The number of methoxy groups -OCH3 is 1. The summed E-state index contributed by atoms with van der Waals surface area (Å²) in [5.74, 6) is 0.958. The van der Waals surface area contributed by atoms with E-state index in [-0.39, 0.29) is 6.61 Å². The first-order valence-electron chi connectivity index (χ1n) is 6.15. The summed E-state index contributed by atoms with van der Waals surface area (Å²) in [5, 5.41) is 0.646. The minimum atomic E-state index is 0.278. The zero-order valence-corrected chi connectivity index (χ0v) is 12.1. The van der Waals surface area contributed by atoms with Crippen molar-refractivity contribution in [2.75, 3.05) is 7.11 Å². The van der Waals surface area contributed by atoms with Gasteiger partial charge in [0.05, 0.1) is 12.7 Å². The van der Waals surface area contributed by atoms with Crippen LogP contribution in [-0.2, 0) is 6.61 Å². The predicted molar refractivity (Wildman–Crippen MR) is 78.9 cm³/mol. The summed E-state index contributed by atoms with van der Waals surface area (Å²) in [6.45, 7) is 2.25. The maximum atomic E-state index is 11.1. The van der Waals surface area contributed by atoms with Crippen LogP contribution >= 0.6 is 11.6 Å². The molecule has 0 aliphatic rings. The Morgan fingerprint density at radius 3 is 2.70 bits per heavy atom. The van der Waals surface area contributed by atoms with E-state index in [0.29, 0.717) is 22.1 Å². The van der Waals surface area contributed by atoms with Gasteiger partial charge in [-0.2, -0.15) is 0 Å². The predicted octanol–water partition coefficient (Wildman–Crippen LogP) is 4.05. The molecule has 0 fully saturated rings. The first-order chi connectivity index (χ1) is 9.65. The molecule has 0 radical (unpaired) electrons. The van der Waals surface area contributed by atoms with Crippen LogP contribution in [0.25, 0.3) is 0 Å². The molecule has 0 saturated heterocycles. The van der Waals surface area contributed by atoms with E-state index in [1.807, 2.05) is 25.1 Å². The van der Waals surface area contributed by atoms with Crippen LogP contribution in [0.5, 0.6) is 11.5 Å². The fourth-order valence-corrected chi connectivity index (χ4v) is 2.15. The minimum absolute atomic E-state index is 0.278. The third-order valence-electron chi connectivity index (χ3n) is 2.94. The number of carbonyl (C=O) groups excluding carboxylic acids is 1. The molecule has 0 saturated carbocycles. The van der Waals surface area contributed by atoms with Gasteiger partial charge in [-0.05, 0) is 30.7 Å². The van der Waals surface area contributed by atoms with Gasteiger partial charge in [0, 0.05) is 10.6 Å². The van der Waals surface area contributed by atoms with Crippen molar-refractivity contribution in [3.8, 4) is 11.5 Å². The Kier molecular flexibility index (Phi) is 4.64. The number of para-hydroxylation sites is 1. The van der Waals surface area contributed by atoms with Crippen molar-refractivity contribution in [3.05, 3.63) is 58.1 Å². The molecule has 2 aromatic carbocycles. The van der Waals surface area contributed by atoms with Gasteiger partial charge in [0.25, 0.3) is 0 Å². The van der Waals surface area contributed by atoms with E-state index in [2.05, 4.69) is 0 Å². The lowest BCUT2D eigenvalue weighted by Gasteiger charge is -2.13. The lowest BCUT2D eigenvalue weighted by atomic mass is 10.1. The third-order valence-corrected chi connectivity index (χ3v) is 3.29. The van der Waals surface area contributed by atoms with Crippen LogP contribution in [0.2, 0.25) is 5.02 Å². The van der Waals surface area contributed by atoms with Gasteiger partial charge in [-0.3, -0.25) is 4.79 Å². The van der Waals surface area contributed by atoms with Crippen LogP contribution in [-0.4, -0.2) is 13.4 Å². The van der Waals surface area contributed by atoms with Crippen molar-refractivity contribution in [3.63, 3.8) is 0 Å². The Hall–Kier alpha value is -2.00. The molecule has 2 aromatic rings. The second kappa shape index (κ2) is 6.44. The van der Waals surface area contributed by atoms with E-state index in [4.69, 9.17) is 21.1 Å². The largest absolute Gasteiger partial charge is 0.493 e. The summed E-state index contributed by atoms with van der Waals surface area (Å²) in [6, 6.07) is 10.9. The van der Waals surface area contributed by atoms with Gasteiger partial charge in [-0.15, -0.1) is 0 Å². The van der Waals surface area contributed by atoms with Gasteiger partial charge >= 0.3 is 0 Å². The zero-order chi connectivity index (χ0) is 14.5. The molecule has 0 aliphatic heterocycles. The Labute approximate surface area is 123 Å². The summed E-state index contributed by atoms with van der Waals surface area (Å²) >= 11 is 6.16.